The van der Waals surface area contributed by atoms with Crippen LogP contribution in [0.3, 0.4) is 0 Å². The second-order valence-electron chi connectivity index (χ2n) is 6.62. The quantitative estimate of drug-likeness (QED) is 0.577. The zero-order valence-corrected chi connectivity index (χ0v) is 16.7. The van der Waals surface area contributed by atoms with Crippen molar-refractivity contribution in [2.24, 2.45) is 0 Å². The number of carbonyl (C=O) groups is 3. The number of imide groups is 2. The molecule has 1 N–H and O–H groups in total. The van der Waals surface area contributed by atoms with Crippen molar-refractivity contribution < 1.29 is 23.9 Å². The molecule has 1 saturated heterocycles. The largest absolute Gasteiger partial charge is 0.490 e. The highest BCUT2D eigenvalue weighted by atomic mass is 35.5. The molecule has 150 valence electrons. The normalized spacial score (nSPS) is 19.3. The van der Waals surface area contributed by atoms with E-state index in [4.69, 9.17) is 21.1 Å². The molecule has 1 aromatic carbocycles. The first-order chi connectivity index (χ1) is 13.5. The Bertz CT molecular complexity index is 830. The van der Waals surface area contributed by atoms with E-state index >= 15 is 0 Å². The summed E-state index contributed by atoms with van der Waals surface area (Å²) >= 11 is 6.34. The molecule has 1 saturated carbocycles. The van der Waals surface area contributed by atoms with Gasteiger partial charge in [-0.3, -0.25) is 19.8 Å². The SMILES string of the molecule is CCOc1cc(Cl)c(/C=C2\C(=O)NC(=O)N(C3CCCC3)C2=O)cc1OCC. The van der Waals surface area contributed by atoms with Gasteiger partial charge in [-0.05, 0) is 44.4 Å². The maximum Gasteiger partial charge on any atom is 0.331 e. The number of hydrogen-bond acceptors (Lipinski definition) is 5. The van der Waals surface area contributed by atoms with E-state index in [0.717, 1.165) is 30.6 Å². The van der Waals surface area contributed by atoms with Crippen LogP contribution in [0.4, 0.5) is 4.79 Å². The molecule has 0 unspecified atom stereocenters. The topological polar surface area (TPSA) is 84.9 Å². The van der Waals surface area contributed by atoms with Crippen LogP contribution in [0.5, 0.6) is 11.5 Å². The summed E-state index contributed by atoms with van der Waals surface area (Å²) in [5.74, 6) is -0.373. The van der Waals surface area contributed by atoms with Gasteiger partial charge in [-0.2, -0.15) is 0 Å². The second kappa shape index (κ2) is 8.65. The Morgan fingerprint density at radius 1 is 1.11 bits per heavy atom. The van der Waals surface area contributed by atoms with Crippen LogP contribution < -0.4 is 14.8 Å². The third kappa shape index (κ3) is 3.99. The highest BCUT2D eigenvalue weighted by Gasteiger charge is 2.40. The molecule has 2 fully saturated rings. The van der Waals surface area contributed by atoms with Gasteiger partial charge in [-0.1, -0.05) is 24.4 Å². The molecule has 1 aliphatic carbocycles. The summed E-state index contributed by atoms with van der Waals surface area (Å²) in [7, 11) is 0. The predicted molar refractivity (Wildman–Crippen MR) is 104 cm³/mol. The van der Waals surface area contributed by atoms with E-state index in [-0.39, 0.29) is 11.6 Å². The average molecular weight is 407 g/mol. The Morgan fingerprint density at radius 2 is 1.71 bits per heavy atom. The van der Waals surface area contributed by atoms with Crippen molar-refractivity contribution in [2.75, 3.05) is 13.2 Å². The predicted octanol–water partition coefficient (Wildman–Crippen LogP) is 3.54. The molecular formula is C20H23ClN2O5. The van der Waals surface area contributed by atoms with Crippen molar-refractivity contribution in [1.29, 1.82) is 0 Å². The van der Waals surface area contributed by atoms with Crippen molar-refractivity contribution in [3.8, 4) is 11.5 Å². The lowest BCUT2D eigenvalue weighted by atomic mass is 10.0. The third-order valence-corrected chi connectivity index (χ3v) is 5.11. The zero-order chi connectivity index (χ0) is 20.3. The fourth-order valence-corrected chi connectivity index (χ4v) is 3.73. The third-order valence-electron chi connectivity index (χ3n) is 4.79. The number of barbiturate groups is 1. The lowest BCUT2D eigenvalue weighted by Crippen LogP contribution is -2.57. The van der Waals surface area contributed by atoms with Crippen molar-refractivity contribution in [1.82, 2.24) is 10.2 Å². The molecule has 1 aliphatic heterocycles. The minimum absolute atomic E-state index is 0.125. The number of rotatable bonds is 6. The molecule has 28 heavy (non-hydrogen) atoms. The smallest absolute Gasteiger partial charge is 0.331 e. The van der Waals surface area contributed by atoms with Gasteiger partial charge in [0.05, 0.1) is 18.2 Å². The summed E-state index contributed by atoms with van der Waals surface area (Å²) in [5, 5.41) is 2.57. The number of hydrogen-bond donors (Lipinski definition) is 1. The van der Waals surface area contributed by atoms with Crippen LogP contribution >= 0.6 is 11.6 Å². The van der Waals surface area contributed by atoms with Gasteiger partial charge >= 0.3 is 6.03 Å². The number of halogens is 1. The van der Waals surface area contributed by atoms with E-state index in [1.807, 2.05) is 13.8 Å². The molecule has 0 aromatic heterocycles. The van der Waals surface area contributed by atoms with E-state index in [1.165, 1.54) is 6.08 Å². The monoisotopic (exact) mass is 406 g/mol. The molecule has 4 amide bonds. The summed E-state index contributed by atoms with van der Waals surface area (Å²) < 4.78 is 11.1. The number of nitrogens with one attached hydrogen (secondary N) is 1. The zero-order valence-electron chi connectivity index (χ0n) is 15.9. The molecule has 7 nitrogen and oxygen atoms in total. The van der Waals surface area contributed by atoms with Crippen LogP contribution in [-0.4, -0.2) is 42.0 Å². The fourth-order valence-electron chi connectivity index (χ4n) is 3.52. The molecule has 8 heteroatoms. The Hall–Kier alpha value is -2.54. The number of ether oxygens (including phenoxy) is 2. The van der Waals surface area contributed by atoms with Crippen LogP contribution in [0.15, 0.2) is 17.7 Å². The minimum atomic E-state index is -0.729. The number of carbonyl (C=O) groups excluding carboxylic acids is 3. The van der Waals surface area contributed by atoms with Gasteiger partial charge in [0.25, 0.3) is 11.8 Å². The van der Waals surface area contributed by atoms with E-state index < -0.39 is 17.8 Å². The highest BCUT2D eigenvalue weighted by Crippen LogP contribution is 2.35. The van der Waals surface area contributed by atoms with Crippen molar-refractivity contribution in [3.63, 3.8) is 0 Å². The molecule has 0 atom stereocenters. The average Bonchev–Trinajstić information content (AvgIpc) is 3.16. The maximum atomic E-state index is 12.9. The Kier molecular flexibility index (Phi) is 6.24. The van der Waals surface area contributed by atoms with E-state index in [0.29, 0.717) is 35.3 Å². The Balaban J connectivity index is 1.98. The molecule has 0 spiro atoms. The summed E-state index contributed by atoms with van der Waals surface area (Å²) in [6, 6.07) is 2.37. The highest BCUT2D eigenvalue weighted by molar-refractivity contribution is 6.34. The summed E-state index contributed by atoms with van der Waals surface area (Å²) in [4.78, 5) is 38.6. The second-order valence-corrected chi connectivity index (χ2v) is 7.02. The van der Waals surface area contributed by atoms with Gasteiger partial charge in [-0.15, -0.1) is 0 Å². The molecule has 3 rings (SSSR count). The first kappa shape index (κ1) is 20.2. The van der Waals surface area contributed by atoms with Crippen LogP contribution in [0.25, 0.3) is 6.08 Å². The van der Waals surface area contributed by atoms with Gasteiger partial charge in [0.1, 0.15) is 5.57 Å². The number of urea groups is 1. The van der Waals surface area contributed by atoms with Gasteiger partial charge in [0.2, 0.25) is 0 Å². The van der Waals surface area contributed by atoms with Gasteiger partial charge < -0.3 is 9.47 Å². The summed E-state index contributed by atoms with van der Waals surface area (Å²) in [5.41, 5.74) is 0.313. The first-order valence-corrected chi connectivity index (χ1v) is 9.83. The van der Waals surface area contributed by atoms with Crippen LogP contribution in [-0.2, 0) is 9.59 Å². The molecule has 1 aromatic rings. The van der Waals surface area contributed by atoms with Crippen LogP contribution in [0.1, 0.15) is 45.1 Å². The molecule has 1 heterocycles. The summed E-state index contributed by atoms with van der Waals surface area (Å²) in [6.07, 6.45) is 4.80. The lowest BCUT2D eigenvalue weighted by Gasteiger charge is -2.31. The number of nitrogens with zero attached hydrogens (tertiary/aromatic N) is 1. The number of amides is 4. The molecule has 2 aliphatic rings. The van der Waals surface area contributed by atoms with Gasteiger partial charge in [0, 0.05) is 12.1 Å². The summed E-state index contributed by atoms with van der Waals surface area (Å²) in [6.45, 7) is 4.54. The van der Waals surface area contributed by atoms with Crippen molar-refractivity contribution >= 4 is 35.5 Å². The molecular weight excluding hydrogens is 384 g/mol. The van der Waals surface area contributed by atoms with Crippen LogP contribution in [0, 0.1) is 0 Å². The maximum absolute atomic E-state index is 12.9. The Labute approximate surface area is 168 Å². The standard InChI is InChI=1S/C20H23ClN2O5/c1-3-27-16-10-12(15(21)11-17(16)28-4-2)9-14-18(24)22-20(26)23(19(14)25)13-7-5-6-8-13/h9-11,13H,3-8H2,1-2H3,(H,22,24,26)/b14-9+. The van der Waals surface area contributed by atoms with Gasteiger partial charge in [0.15, 0.2) is 11.5 Å². The fraction of sp³-hybridized carbons (Fsp3) is 0.450. The minimum Gasteiger partial charge on any atom is -0.490 e. The lowest BCUT2D eigenvalue weighted by molar-refractivity contribution is -0.131. The van der Waals surface area contributed by atoms with Crippen molar-refractivity contribution in [2.45, 2.75) is 45.6 Å². The van der Waals surface area contributed by atoms with Crippen LogP contribution in [0.2, 0.25) is 5.02 Å². The van der Waals surface area contributed by atoms with E-state index in [9.17, 15) is 14.4 Å². The molecule has 0 bridgehead atoms. The van der Waals surface area contributed by atoms with E-state index in [2.05, 4.69) is 5.32 Å². The molecule has 0 radical (unpaired) electrons. The Morgan fingerprint density at radius 3 is 2.32 bits per heavy atom. The first-order valence-electron chi connectivity index (χ1n) is 9.46. The van der Waals surface area contributed by atoms with Crippen molar-refractivity contribution in [3.05, 3.63) is 28.3 Å². The van der Waals surface area contributed by atoms with E-state index in [1.54, 1.807) is 12.1 Å². The van der Waals surface area contributed by atoms with Gasteiger partial charge in [-0.25, -0.2) is 4.79 Å². The number of benzene rings is 1.